The first-order valence-electron chi connectivity index (χ1n) is 27.3. The van der Waals surface area contributed by atoms with E-state index in [2.05, 4.69) is 27.1 Å². The van der Waals surface area contributed by atoms with Gasteiger partial charge in [0.2, 0.25) is 16.7 Å². The van der Waals surface area contributed by atoms with Gasteiger partial charge >= 0.3 is 11.9 Å². The fraction of sp³-hybridized carbons (Fsp3) is 0.209. The largest absolute Gasteiger partial charge is 0.462 e. The van der Waals surface area contributed by atoms with Crippen molar-refractivity contribution in [2.75, 3.05) is 43.1 Å². The fourth-order valence-electron chi connectivity index (χ4n) is 9.55. The van der Waals surface area contributed by atoms with Crippen LogP contribution in [0.15, 0.2) is 186 Å². The van der Waals surface area contributed by atoms with Crippen LogP contribution in [-0.4, -0.2) is 60.8 Å². The Morgan fingerprint density at radius 3 is 1.72 bits per heavy atom. The first-order valence-corrected chi connectivity index (χ1v) is 27.3. The van der Waals surface area contributed by atoms with Crippen LogP contribution in [0.25, 0.3) is 38.9 Å². The van der Waals surface area contributed by atoms with Gasteiger partial charge in [-0.1, -0.05) is 67.2 Å². The first kappa shape index (κ1) is 56.0. The highest BCUT2D eigenvalue weighted by molar-refractivity contribution is 6.16. The van der Waals surface area contributed by atoms with Crippen LogP contribution in [0.4, 0.5) is 28.4 Å². The van der Waals surface area contributed by atoms with Crippen molar-refractivity contribution in [2.45, 2.75) is 66.2 Å². The number of amides is 2. The summed E-state index contributed by atoms with van der Waals surface area (Å²) in [5.74, 6) is -1.16. The van der Waals surface area contributed by atoms with Crippen LogP contribution in [0.2, 0.25) is 0 Å². The number of anilines is 4. The number of nitrogen functional groups attached to an aromatic ring is 2. The number of nitrogens with zero attached hydrogens (tertiary/aromatic N) is 3. The van der Waals surface area contributed by atoms with Gasteiger partial charge in [-0.3, -0.25) is 9.59 Å². The van der Waals surface area contributed by atoms with E-state index < -0.39 is 11.9 Å². The smallest absolute Gasteiger partial charge is 0.338 e. The van der Waals surface area contributed by atoms with E-state index in [1.807, 2.05) is 155 Å². The van der Waals surface area contributed by atoms with Gasteiger partial charge in [0.15, 0.2) is 0 Å². The van der Waals surface area contributed by atoms with Gasteiger partial charge in [-0.15, -0.1) is 4.57 Å². The number of unbranched alkanes of at least 4 members (excludes halogenated alkanes) is 4. The number of aliphatic imine (C=N–C) groups is 1. The average Bonchev–Trinajstić information content (AvgIpc) is 3.50. The van der Waals surface area contributed by atoms with Gasteiger partial charge in [0.1, 0.15) is 11.0 Å². The van der Waals surface area contributed by atoms with Crippen LogP contribution in [0.1, 0.15) is 93.2 Å². The molecule has 1 aromatic heterocycles. The number of carbonyl (C=O) groups is 4. The van der Waals surface area contributed by atoms with Gasteiger partial charge in [0.05, 0.1) is 41.4 Å². The quantitative estimate of drug-likeness (QED) is 0.0151. The summed E-state index contributed by atoms with van der Waals surface area (Å²) >= 11 is 0. The number of esters is 2. The molecule has 0 radical (unpaired) electrons. The van der Waals surface area contributed by atoms with Crippen molar-refractivity contribution in [3.63, 3.8) is 0 Å². The van der Waals surface area contributed by atoms with Gasteiger partial charge in [-0.25, -0.2) is 19.6 Å². The molecule has 0 bridgehead atoms. The summed E-state index contributed by atoms with van der Waals surface area (Å²) in [6.07, 6.45) is 7.82. The third kappa shape index (κ3) is 13.8. The van der Waals surface area contributed by atoms with Crippen LogP contribution < -0.4 is 32.0 Å². The Hall–Kier alpha value is -9.69. The second-order valence-electron chi connectivity index (χ2n) is 20.3. The molecule has 81 heavy (non-hydrogen) atoms. The predicted octanol–water partition coefficient (Wildman–Crippen LogP) is 12.6. The minimum Gasteiger partial charge on any atom is -0.462 e. The van der Waals surface area contributed by atoms with Crippen LogP contribution in [-0.2, 0) is 14.3 Å². The van der Waals surface area contributed by atoms with Crippen LogP contribution in [0.5, 0.6) is 0 Å². The highest BCUT2D eigenvalue weighted by Crippen LogP contribution is 2.35. The number of fused-ring (bicyclic) bond motifs is 2. The number of hydrogen-bond acceptors (Lipinski definition) is 11. The predicted molar refractivity (Wildman–Crippen MR) is 324 cm³/mol. The lowest BCUT2D eigenvalue weighted by molar-refractivity contribution is -0.538. The van der Waals surface area contributed by atoms with Crippen molar-refractivity contribution in [1.29, 1.82) is 0 Å². The molecule has 410 valence electrons. The van der Waals surface area contributed by atoms with Crippen molar-refractivity contribution in [3.8, 4) is 16.8 Å². The third-order valence-electron chi connectivity index (χ3n) is 14.3. The van der Waals surface area contributed by atoms with E-state index >= 15 is 0 Å². The molecule has 14 nitrogen and oxygen atoms in total. The summed E-state index contributed by atoms with van der Waals surface area (Å²) in [7, 11) is 0. The van der Waals surface area contributed by atoms with Gasteiger partial charge < -0.3 is 36.9 Å². The molecule has 9 rings (SSSR count). The fourth-order valence-corrected chi connectivity index (χ4v) is 9.55. The number of para-hydroxylation sites is 2. The maximum absolute atomic E-state index is 13.4. The number of carbonyl (C=O) groups excluding carboxylic acids is 4. The molecular formula is C67H67N8O6+. The molecule has 2 amide bonds. The summed E-state index contributed by atoms with van der Waals surface area (Å²) in [6.45, 7) is 13.3. The minimum atomic E-state index is -0.420. The minimum absolute atomic E-state index is 0.171. The zero-order chi connectivity index (χ0) is 57.0. The standard InChI is InChI=1S/C67H66N8O6/c1-42-35-57(73-58-37-44(3)55(68)40-59(58)72-51-18-10-6-11-19-51)46(5)34-53(42)66(78)80-32-16-8-14-30-70-64(76)49-26-22-47(23-27-49)48-24-28-50(29-25-48)65(77)71-31-15-9-17-33-81-67(79)54-39-62-60(36-43(54)2)74-61-38-45(4)56(69)41-63(61)75(62)52-20-12-7-13-21-52/h6-7,10-13,18-29,34-41,69,72H,5,8-9,14-17,30-33,68H2,1-4H3,(H2,70,71,76,77)/p+1/b73-57-. The van der Waals surface area contributed by atoms with Crippen molar-refractivity contribution >= 4 is 80.0 Å². The van der Waals surface area contributed by atoms with E-state index in [0.29, 0.717) is 76.5 Å². The van der Waals surface area contributed by atoms with Crippen LogP contribution >= 0.6 is 0 Å². The molecule has 0 aliphatic heterocycles. The number of rotatable bonds is 21. The molecule has 0 fully saturated rings. The monoisotopic (exact) mass is 1080 g/mol. The van der Waals surface area contributed by atoms with E-state index in [0.717, 1.165) is 98.2 Å². The summed E-state index contributed by atoms with van der Waals surface area (Å²) in [5.41, 5.74) is 28.8. The van der Waals surface area contributed by atoms with Crippen LogP contribution in [0, 0.1) is 20.8 Å². The van der Waals surface area contributed by atoms with E-state index in [-0.39, 0.29) is 25.0 Å². The Kier molecular flexibility index (Phi) is 17.9. The number of ether oxygens (including phenoxy) is 2. The van der Waals surface area contributed by atoms with E-state index in [9.17, 15) is 19.2 Å². The lowest BCUT2D eigenvalue weighted by Crippen LogP contribution is -2.33. The number of aromatic nitrogens is 2. The Balaban J connectivity index is 0.659. The second kappa shape index (κ2) is 25.8. The molecule has 1 aliphatic carbocycles. The van der Waals surface area contributed by atoms with Crippen molar-refractivity contribution in [1.82, 2.24) is 15.6 Å². The summed E-state index contributed by atoms with van der Waals surface area (Å²) in [5, 5.41) is 9.37. The Bertz CT molecular complexity index is 3780. The normalized spacial score (nSPS) is 12.7. The molecule has 7 aromatic carbocycles. The van der Waals surface area contributed by atoms with Crippen molar-refractivity contribution in [3.05, 3.63) is 214 Å². The molecule has 0 spiro atoms. The molecule has 0 unspecified atom stereocenters. The summed E-state index contributed by atoms with van der Waals surface area (Å²) in [4.78, 5) is 62.4. The summed E-state index contributed by atoms with van der Waals surface area (Å²) in [6, 6.07) is 45.9. The molecule has 8 aromatic rings. The highest BCUT2D eigenvalue weighted by Gasteiger charge is 2.25. The molecule has 14 heteroatoms. The second-order valence-corrected chi connectivity index (χ2v) is 20.3. The Morgan fingerprint density at radius 1 is 0.580 bits per heavy atom. The van der Waals surface area contributed by atoms with Crippen molar-refractivity contribution < 1.29 is 33.2 Å². The molecular weight excluding hydrogens is 1010 g/mol. The third-order valence-corrected chi connectivity index (χ3v) is 14.3. The van der Waals surface area contributed by atoms with E-state index in [1.165, 1.54) is 0 Å². The van der Waals surface area contributed by atoms with Gasteiger partial charge in [-0.05, 0) is 178 Å². The number of aryl methyl sites for hydroxylation is 3. The molecule has 0 atom stereocenters. The number of hydrogen-bond donors (Lipinski definition) is 5. The van der Waals surface area contributed by atoms with E-state index in [4.69, 9.17) is 30.9 Å². The van der Waals surface area contributed by atoms with Crippen molar-refractivity contribution in [2.24, 2.45) is 4.99 Å². The Labute approximate surface area is 472 Å². The molecule has 7 N–H and O–H groups in total. The topological polar surface area (TPSA) is 204 Å². The first-order chi connectivity index (χ1) is 39.2. The molecule has 1 heterocycles. The maximum atomic E-state index is 13.4. The molecule has 0 saturated carbocycles. The Morgan fingerprint density at radius 2 is 1.11 bits per heavy atom. The van der Waals surface area contributed by atoms with Crippen LogP contribution in [0.3, 0.4) is 0 Å². The summed E-state index contributed by atoms with van der Waals surface area (Å²) < 4.78 is 13.5. The molecule has 1 aliphatic rings. The number of nitrogens with two attached hydrogens (primary N) is 2. The zero-order valence-electron chi connectivity index (χ0n) is 46.2. The number of nitrogens with one attached hydrogen (secondary N) is 3. The SMILES string of the molecule is C=C1C=C(C(=O)OCCCCCNC(=O)c2ccc(-c3ccc(C(=O)NCCCCCOC(=O)c4cc5c(cc4C)nc4cc(C)c(N)cc4[n+]5-c4ccccc4)cc3)cc2)C(C)=C/C1=N/c1cc(C)c(N)cc1Nc1ccccc1. The van der Waals surface area contributed by atoms with E-state index in [1.54, 1.807) is 30.3 Å². The lowest BCUT2D eigenvalue weighted by atomic mass is 9.94. The highest BCUT2D eigenvalue weighted by atomic mass is 16.5. The van der Waals surface area contributed by atoms with Gasteiger partial charge in [-0.2, -0.15) is 0 Å². The lowest BCUT2D eigenvalue weighted by Gasteiger charge is -2.17. The van der Waals surface area contributed by atoms with Gasteiger partial charge in [0, 0.05) is 65.5 Å². The molecule has 0 saturated heterocycles. The van der Waals surface area contributed by atoms with Gasteiger partial charge in [0.25, 0.3) is 11.8 Å². The zero-order valence-corrected chi connectivity index (χ0v) is 46.2. The maximum Gasteiger partial charge on any atom is 0.338 e. The number of allylic oxidation sites excluding steroid dienone is 3. The number of benzene rings is 7. The average molecular weight is 1080 g/mol.